The quantitative estimate of drug-likeness (QED) is 0.437. The van der Waals surface area contributed by atoms with Crippen molar-refractivity contribution in [3.63, 3.8) is 0 Å². The number of aliphatic hydroxyl groups is 1. The van der Waals surface area contributed by atoms with Crippen molar-refractivity contribution in [1.82, 2.24) is 0 Å². The number of carbonyl (C=O) groups excluding carboxylic acids is 2. The number of ketones is 2. The standard InChI is InChI=1S/C6H8O3/c1-4(7)3-6(9)5(2)8/h3,9H,1-2H3/b6-3+. The van der Waals surface area contributed by atoms with E-state index in [9.17, 15) is 9.59 Å². The van der Waals surface area contributed by atoms with Crippen LogP contribution in [0.25, 0.3) is 0 Å². The van der Waals surface area contributed by atoms with E-state index in [1.54, 1.807) is 0 Å². The Bertz CT molecular complexity index is 167. The van der Waals surface area contributed by atoms with Crippen LogP contribution in [0.3, 0.4) is 0 Å². The van der Waals surface area contributed by atoms with Crippen LogP contribution in [-0.2, 0) is 9.59 Å². The van der Waals surface area contributed by atoms with Crippen molar-refractivity contribution in [1.29, 1.82) is 0 Å². The highest BCUT2D eigenvalue weighted by Gasteiger charge is 1.99. The normalized spacial score (nSPS) is 11.1. The minimum atomic E-state index is -0.495. The molecule has 0 radical (unpaired) electrons. The summed E-state index contributed by atoms with van der Waals surface area (Å²) >= 11 is 0. The van der Waals surface area contributed by atoms with Gasteiger partial charge in [-0.3, -0.25) is 9.59 Å². The molecule has 0 saturated carbocycles. The number of rotatable bonds is 2. The fourth-order valence-electron chi connectivity index (χ4n) is 0.294. The summed E-state index contributed by atoms with van der Waals surface area (Å²) in [4.78, 5) is 20.4. The van der Waals surface area contributed by atoms with Gasteiger partial charge < -0.3 is 5.11 Å². The van der Waals surface area contributed by atoms with Crippen molar-refractivity contribution >= 4 is 11.6 Å². The third-order valence-electron chi connectivity index (χ3n) is 0.701. The summed E-state index contributed by atoms with van der Waals surface area (Å²) < 4.78 is 0. The van der Waals surface area contributed by atoms with Gasteiger partial charge in [-0.15, -0.1) is 0 Å². The number of Topliss-reactive ketones (excluding diaryl/α,β-unsaturated/α-hetero) is 1. The first-order valence-electron chi connectivity index (χ1n) is 2.46. The Labute approximate surface area is 53.0 Å². The molecular formula is C6H8O3. The number of aliphatic hydroxyl groups excluding tert-OH is 1. The van der Waals surface area contributed by atoms with Crippen LogP contribution in [0.2, 0.25) is 0 Å². The van der Waals surface area contributed by atoms with Gasteiger partial charge in [0, 0.05) is 13.0 Å². The van der Waals surface area contributed by atoms with Gasteiger partial charge in [0.1, 0.15) is 0 Å². The van der Waals surface area contributed by atoms with Crippen LogP contribution in [0.4, 0.5) is 0 Å². The first kappa shape index (κ1) is 7.88. The number of hydrogen-bond donors (Lipinski definition) is 1. The van der Waals surface area contributed by atoms with Gasteiger partial charge in [0.25, 0.3) is 0 Å². The van der Waals surface area contributed by atoms with Gasteiger partial charge in [-0.1, -0.05) is 0 Å². The number of hydrogen-bond acceptors (Lipinski definition) is 3. The molecule has 1 N–H and O–H groups in total. The molecule has 0 saturated heterocycles. The van der Waals surface area contributed by atoms with Gasteiger partial charge in [0.05, 0.1) is 0 Å². The Morgan fingerprint density at radius 2 is 1.78 bits per heavy atom. The molecular weight excluding hydrogens is 120 g/mol. The van der Waals surface area contributed by atoms with Crippen LogP contribution in [-0.4, -0.2) is 16.7 Å². The lowest BCUT2D eigenvalue weighted by atomic mass is 10.3. The van der Waals surface area contributed by atoms with Crippen LogP contribution in [0.5, 0.6) is 0 Å². The summed E-state index contributed by atoms with van der Waals surface area (Å²) in [6.07, 6.45) is 0.891. The lowest BCUT2D eigenvalue weighted by molar-refractivity contribution is -0.117. The molecule has 0 aliphatic heterocycles. The zero-order valence-electron chi connectivity index (χ0n) is 5.34. The Hall–Kier alpha value is -1.12. The van der Waals surface area contributed by atoms with Gasteiger partial charge in [-0.25, -0.2) is 0 Å². The molecule has 0 amide bonds. The van der Waals surface area contributed by atoms with E-state index in [0.717, 1.165) is 6.08 Å². The number of carbonyl (C=O) groups is 2. The molecule has 0 aliphatic carbocycles. The zero-order valence-corrected chi connectivity index (χ0v) is 5.34. The second-order valence-electron chi connectivity index (χ2n) is 1.70. The van der Waals surface area contributed by atoms with Crippen molar-refractivity contribution < 1.29 is 14.7 Å². The smallest absolute Gasteiger partial charge is 0.194 e. The molecule has 0 aromatic heterocycles. The van der Waals surface area contributed by atoms with Crippen LogP contribution >= 0.6 is 0 Å². The molecule has 9 heavy (non-hydrogen) atoms. The maximum Gasteiger partial charge on any atom is 0.194 e. The minimum absolute atomic E-state index is 0.331. The molecule has 0 aromatic rings. The summed E-state index contributed by atoms with van der Waals surface area (Å²) in [5.41, 5.74) is 0. The monoisotopic (exact) mass is 128 g/mol. The maximum atomic E-state index is 10.2. The minimum Gasteiger partial charge on any atom is -0.504 e. The van der Waals surface area contributed by atoms with E-state index in [0.29, 0.717) is 0 Å². The average molecular weight is 128 g/mol. The molecule has 0 unspecified atom stereocenters. The van der Waals surface area contributed by atoms with Crippen LogP contribution in [0, 0.1) is 0 Å². The molecule has 3 heteroatoms. The molecule has 0 bridgehead atoms. The van der Waals surface area contributed by atoms with E-state index < -0.39 is 11.5 Å². The van der Waals surface area contributed by atoms with Crippen LogP contribution in [0.1, 0.15) is 13.8 Å². The highest BCUT2D eigenvalue weighted by molar-refractivity contribution is 5.98. The first-order valence-corrected chi connectivity index (χ1v) is 2.46. The molecule has 0 spiro atoms. The second kappa shape index (κ2) is 3.02. The molecule has 50 valence electrons. The Morgan fingerprint density at radius 3 is 1.89 bits per heavy atom. The molecule has 0 fully saturated rings. The van der Waals surface area contributed by atoms with Crippen molar-refractivity contribution in [2.75, 3.05) is 0 Å². The molecule has 0 aromatic carbocycles. The molecule has 0 aliphatic rings. The lowest BCUT2D eigenvalue weighted by Gasteiger charge is -1.87. The Balaban J connectivity index is 4.17. The van der Waals surface area contributed by atoms with Gasteiger partial charge >= 0.3 is 0 Å². The van der Waals surface area contributed by atoms with Gasteiger partial charge in [0.2, 0.25) is 0 Å². The largest absolute Gasteiger partial charge is 0.504 e. The van der Waals surface area contributed by atoms with Crippen LogP contribution < -0.4 is 0 Å². The number of allylic oxidation sites excluding steroid dienone is 2. The summed E-state index contributed by atoms with van der Waals surface area (Å²) in [7, 11) is 0. The van der Waals surface area contributed by atoms with E-state index in [1.165, 1.54) is 13.8 Å². The highest BCUT2D eigenvalue weighted by atomic mass is 16.3. The van der Waals surface area contributed by atoms with Crippen molar-refractivity contribution in [2.45, 2.75) is 13.8 Å². The average Bonchev–Trinajstić information content (AvgIpc) is 1.63. The SMILES string of the molecule is CC(=O)/C=C(/O)C(C)=O. The molecule has 0 heterocycles. The zero-order chi connectivity index (χ0) is 7.44. The molecule has 3 nitrogen and oxygen atoms in total. The fraction of sp³-hybridized carbons (Fsp3) is 0.333. The first-order chi connectivity index (χ1) is 4.04. The van der Waals surface area contributed by atoms with E-state index >= 15 is 0 Å². The third-order valence-corrected chi connectivity index (χ3v) is 0.701. The Kier molecular flexibility index (Phi) is 2.64. The molecule has 0 atom stereocenters. The van der Waals surface area contributed by atoms with Gasteiger partial charge in [0.15, 0.2) is 17.3 Å². The Morgan fingerprint density at radius 1 is 1.33 bits per heavy atom. The predicted octanol–water partition coefficient (Wildman–Crippen LogP) is 0.606. The molecule has 0 rings (SSSR count). The summed E-state index contributed by atoms with van der Waals surface area (Å²) in [6, 6.07) is 0. The van der Waals surface area contributed by atoms with E-state index in [1.807, 2.05) is 0 Å². The lowest BCUT2D eigenvalue weighted by Crippen LogP contribution is -1.97. The predicted molar refractivity (Wildman–Crippen MR) is 32.1 cm³/mol. The topological polar surface area (TPSA) is 54.4 Å². The third kappa shape index (κ3) is 3.46. The van der Waals surface area contributed by atoms with E-state index in [4.69, 9.17) is 5.11 Å². The summed E-state index contributed by atoms with van der Waals surface area (Å²) in [6.45, 7) is 2.45. The summed E-state index contributed by atoms with van der Waals surface area (Å²) in [5.74, 6) is -1.31. The van der Waals surface area contributed by atoms with Crippen molar-refractivity contribution in [2.24, 2.45) is 0 Å². The maximum absolute atomic E-state index is 10.2. The van der Waals surface area contributed by atoms with Crippen molar-refractivity contribution in [3.05, 3.63) is 11.8 Å². The van der Waals surface area contributed by atoms with Crippen molar-refractivity contribution in [3.8, 4) is 0 Å². The van der Waals surface area contributed by atoms with E-state index in [-0.39, 0.29) is 5.78 Å². The summed E-state index contributed by atoms with van der Waals surface area (Å²) in [5, 5.41) is 8.59. The van der Waals surface area contributed by atoms with Crippen LogP contribution in [0.15, 0.2) is 11.8 Å². The van der Waals surface area contributed by atoms with Gasteiger partial charge in [-0.05, 0) is 6.92 Å². The fourth-order valence-corrected chi connectivity index (χ4v) is 0.294. The second-order valence-corrected chi connectivity index (χ2v) is 1.70. The van der Waals surface area contributed by atoms with Gasteiger partial charge in [-0.2, -0.15) is 0 Å². The highest BCUT2D eigenvalue weighted by Crippen LogP contribution is 1.88. The van der Waals surface area contributed by atoms with E-state index in [2.05, 4.69) is 0 Å².